The zero-order valence-corrected chi connectivity index (χ0v) is 7.29. The molecule has 26 valence electrons. The van der Waals surface area contributed by atoms with Gasteiger partial charge < -0.3 is 0 Å². The first kappa shape index (κ1) is 32.8. The van der Waals surface area contributed by atoms with Crippen molar-refractivity contribution in [3.63, 3.8) is 0 Å². The minimum absolute atomic E-state index is 0. The Bertz CT molecular complexity index is 8.00. The molecule has 0 aromatic carbocycles. The molecule has 0 heterocycles. The first-order valence-electron chi connectivity index (χ1n) is 0. The molecule has 0 aliphatic heterocycles. The molecular weight excluding hydrogens is 242 g/mol. The fourth-order valence-corrected chi connectivity index (χ4v) is 0. The maximum atomic E-state index is 0. The summed E-state index contributed by atoms with van der Waals surface area (Å²) in [6.07, 6.45) is 0. The summed E-state index contributed by atoms with van der Waals surface area (Å²) in [7, 11) is 0. The molecule has 0 rings (SSSR count). The van der Waals surface area contributed by atoms with Crippen LogP contribution in [0.2, 0.25) is 0 Å². The molecule has 0 saturated heterocycles. The fourth-order valence-electron chi connectivity index (χ4n) is 0. The quantitative estimate of drug-likeness (QED) is 0.376. The van der Waals surface area contributed by atoms with Crippen LogP contribution in [0.25, 0.3) is 0 Å². The van der Waals surface area contributed by atoms with Crippen molar-refractivity contribution in [2.45, 2.75) is 0 Å². The van der Waals surface area contributed by atoms with Gasteiger partial charge in [-0.1, -0.05) is 0 Å². The van der Waals surface area contributed by atoms with Crippen molar-refractivity contribution in [1.29, 1.82) is 0 Å². The first-order valence-corrected chi connectivity index (χ1v) is 0. The third kappa shape index (κ3) is 8.84. The fraction of sp³-hybridized carbons (Fsp3) is 0. The van der Waals surface area contributed by atoms with E-state index in [9.17, 15) is 0 Å². The largest absolute Gasteiger partial charge is 0.153 e. The summed E-state index contributed by atoms with van der Waals surface area (Å²) < 4.78 is 0. The third-order valence-electron chi connectivity index (χ3n) is 0. The van der Waals surface area contributed by atoms with Crippen molar-refractivity contribution >= 4 is 18.3 Å². The van der Waals surface area contributed by atoms with Crippen LogP contribution in [-0.4, -0.2) is 8.41 Å². The molecular formula is H6BFeNdP. The third-order valence-corrected chi connectivity index (χ3v) is 0. The van der Waals surface area contributed by atoms with E-state index in [1.807, 2.05) is 0 Å². The zero-order valence-electron chi connectivity index (χ0n) is 1.56. The monoisotopic (exact) mass is 246 g/mol. The van der Waals surface area contributed by atoms with E-state index in [0.29, 0.717) is 0 Å². The van der Waals surface area contributed by atoms with E-state index in [-0.39, 0.29) is 76.2 Å². The van der Waals surface area contributed by atoms with Crippen molar-refractivity contribution in [3.05, 3.63) is 0 Å². The summed E-state index contributed by atoms with van der Waals surface area (Å²) in [5.41, 5.74) is 0. The number of hydrogen-bond donors (Lipinski definition) is 0. The van der Waals surface area contributed by atoms with Crippen molar-refractivity contribution in [2.24, 2.45) is 0 Å². The molecule has 0 amide bonds. The standard InChI is InChI=1S/BH3.Fe.Nd.H3P/h1H3;;;1H3. The second-order valence-corrected chi connectivity index (χ2v) is 0. The zero-order chi connectivity index (χ0) is 0. The summed E-state index contributed by atoms with van der Waals surface area (Å²) in [5.74, 6) is 0. The first-order chi connectivity index (χ1) is 0. The molecule has 0 radical (unpaired) electrons. The van der Waals surface area contributed by atoms with Gasteiger partial charge in [0, 0.05) is 57.9 Å². The topological polar surface area (TPSA) is 0 Å². The molecule has 0 spiro atoms. The average molecular weight is 248 g/mol. The molecule has 0 saturated carbocycles. The minimum atomic E-state index is 0. The van der Waals surface area contributed by atoms with Crippen molar-refractivity contribution in [3.8, 4) is 0 Å². The Labute approximate surface area is 75.1 Å². The van der Waals surface area contributed by atoms with Gasteiger partial charge in [-0.2, -0.15) is 9.90 Å². The Kier molecular flexibility index (Phi) is 150. The molecule has 0 fully saturated rings. The van der Waals surface area contributed by atoms with Gasteiger partial charge in [0.1, 0.15) is 0 Å². The smallest absolute Gasteiger partial charge is 0.0814 e. The van der Waals surface area contributed by atoms with Gasteiger partial charge in [0.2, 0.25) is 0 Å². The van der Waals surface area contributed by atoms with Gasteiger partial charge in [0.15, 0.2) is 0 Å². The van der Waals surface area contributed by atoms with Gasteiger partial charge in [0.05, 0.1) is 8.41 Å². The van der Waals surface area contributed by atoms with E-state index in [1.165, 1.54) is 0 Å². The molecule has 0 aromatic rings. The predicted molar refractivity (Wildman–Crippen MR) is 21.0 cm³/mol. The van der Waals surface area contributed by atoms with E-state index >= 15 is 0 Å². The van der Waals surface area contributed by atoms with E-state index in [0.717, 1.165) is 0 Å². The summed E-state index contributed by atoms with van der Waals surface area (Å²) in [5, 5.41) is 0. The molecule has 0 bridgehead atoms. The van der Waals surface area contributed by atoms with Crippen LogP contribution >= 0.6 is 9.90 Å². The molecule has 0 aliphatic rings. The summed E-state index contributed by atoms with van der Waals surface area (Å²) in [6.45, 7) is 0. The van der Waals surface area contributed by atoms with Crippen LogP contribution in [0.4, 0.5) is 0 Å². The minimum Gasteiger partial charge on any atom is -0.153 e. The van der Waals surface area contributed by atoms with E-state index in [4.69, 9.17) is 0 Å². The average Bonchev–Trinajstić information content (AvgIpc) is 0. The van der Waals surface area contributed by atoms with E-state index in [2.05, 4.69) is 0 Å². The molecule has 0 N–H and O–H groups in total. The molecule has 0 nitrogen and oxygen atoms in total. The van der Waals surface area contributed by atoms with Crippen molar-refractivity contribution < 1.29 is 57.9 Å². The van der Waals surface area contributed by atoms with Crippen molar-refractivity contribution in [1.82, 2.24) is 0 Å². The van der Waals surface area contributed by atoms with Crippen LogP contribution in [0.5, 0.6) is 0 Å². The second kappa shape index (κ2) is 18.3. The van der Waals surface area contributed by atoms with Crippen molar-refractivity contribution in [2.75, 3.05) is 0 Å². The maximum Gasteiger partial charge on any atom is 0.0814 e. The van der Waals surface area contributed by atoms with Crippen LogP contribution in [-0.2, 0) is 17.1 Å². The normalized spacial score (nSPS) is 0. The van der Waals surface area contributed by atoms with Gasteiger partial charge in [-0.15, -0.1) is 0 Å². The van der Waals surface area contributed by atoms with Gasteiger partial charge in [-0.25, -0.2) is 0 Å². The molecule has 4 heavy (non-hydrogen) atoms. The molecule has 1 unspecified atom stereocenters. The predicted octanol–water partition coefficient (Wildman–Crippen LogP) is -1.13. The van der Waals surface area contributed by atoms with Crippen LogP contribution in [0, 0.1) is 40.8 Å². The molecule has 0 aromatic heterocycles. The second-order valence-electron chi connectivity index (χ2n) is 0. The van der Waals surface area contributed by atoms with Crippen LogP contribution in [0.15, 0.2) is 0 Å². The molecule has 0 aliphatic carbocycles. The van der Waals surface area contributed by atoms with Gasteiger partial charge in [-0.05, 0) is 0 Å². The Morgan fingerprint density at radius 1 is 1.00 bits per heavy atom. The summed E-state index contributed by atoms with van der Waals surface area (Å²) in [4.78, 5) is 0. The van der Waals surface area contributed by atoms with Crippen LogP contribution in [0.3, 0.4) is 0 Å². The Morgan fingerprint density at radius 3 is 1.00 bits per heavy atom. The van der Waals surface area contributed by atoms with Gasteiger partial charge in [-0.3, -0.25) is 0 Å². The molecule has 1 atom stereocenters. The summed E-state index contributed by atoms with van der Waals surface area (Å²) in [6, 6.07) is 0. The van der Waals surface area contributed by atoms with Gasteiger partial charge in [0.25, 0.3) is 0 Å². The van der Waals surface area contributed by atoms with Crippen LogP contribution in [0.1, 0.15) is 0 Å². The molecule has 4 heteroatoms. The summed E-state index contributed by atoms with van der Waals surface area (Å²) >= 11 is 0. The Hall–Kier alpha value is 2.37. The maximum absolute atomic E-state index is 0. The number of hydrogen-bond acceptors (Lipinski definition) is 0. The van der Waals surface area contributed by atoms with Gasteiger partial charge >= 0.3 is 0 Å². The van der Waals surface area contributed by atoms with E-state index in [1.54, 1.807) is 0 Å². The SMILES string of the molecule is B.P.[Fe].[Nd]. The van der Waals surface area contributed by atoms with Crippen LogP contribution < -0.4 is 0 Å². The Balaban J connectivity index is 0. The Morgan fingerprint density at radius 2 is 1.00 bits per heavy atom. The number of rotatable bonds is 0. The van der Waals surface area contributed by atoms with E-state index < -0.39 is 0 Å².